The van der Waals surface area contributed by atoms with Gasteiger partial charge in [-0.2, -0.15) is 0 Å². The molecule has 5 nitrogen and oxygen atoms in total. The monoisotopic (exact) mass is 367 g/mol. The van der Waals surface area contributed by atoms with Crippen molar-refractivity contribution >= 4 is 0 Å². The molecular weight excluding hydrogens is 342 g/mol. The lowest BCUT2D eigenvalue weighted by Gasteiger charge is -2.42. The fourth-order valence-corrected chi connectivity index (χ4v) is 3.45. The molecule has 3 rings (SSSR count). The minimum Gasteiger partial charge on any atom is -0.351 e. The smallest absolute Gasteiger partial charge is 0.231 e. The number of nitrogens with zero attached hydrogens (tertiary/aromatic N) is 1. The van der Waals surface area contributed by atoms with Gasteiger partial charge in [-0.05, 0) is 22.6 Å². The zero-order valence-electron chi connectivity index (χ0n) is 15.7. The van der Waals surface area contributed by atoms with Crippen LogP contribution in [-0.4, -0.2) is 24.4 Å². The molecule has 0 radical (unpaired) electrons. The Morgan fingerprint density at radius 3 is 1.96 bits per heavy atom. The molecule has 0 atom stereocenters. The molecule has 2 aromatic rings. The predicted molar refractivity (Wildman–Crippen MR) is 104 cm³/mol. The van der Waals surface area contributed by atoms with Gasteiger partial charge in [-0.25, -0.2) is 0 Å². The van der Waals surface area contributed by atoms with Gasteiger partial charge in [0, 0.05) is 6.42 Å². The summed E-state index contributed by atoms with van der Waals surface area (Å²) >= 11 is 0. The number of allylic oxidation sites excluding steroid dienone is 1. The summed E-state index contributed by atoms with van der Waals surface area (Å²) in [6.07, 6.45) is 2.74. The van der Waals surface area contributed by atoms with Crippen LogP contribution in [0.2, 0.25) is 0 Å². The van der Waals surface area contributed by atoms with Gasteiger partial charge >= 0.3 is 0 Å². The first-order chi connectivity index (χ1) is 12.9. The van der Waals surface area contributed by atoms with E-state index in [0.717, 1.165) is 17.3 Å². The molecule has 1 saturated heterocycles. The van der Waals surface area contributed by atoms with Gasteiger partial charge in [0.05, 0.1) is 23.6 Å². The second-order valence-electron chi connectivity index (χ2n) is 7.66. The first kappa shape index (κ1) is 19.3. The summed E-state index contributed by atoms with van der Waals surface area (Å²) in [5, 5.41) is 10.6. The van der Waals surface area contributed by atoms with E-state index >= 15 is 0 Å². The van der Waals surface area contributed by atoms with E-state index in [0.29, 0.717) is 19.6 Å². The third kappa shape index (κ3) is 4.62. The molecular formula is C22H25NO4. The zero-order chi connectivity index (χ0) is 19.3. The summed E-state index contributed by atoms with van der Waals surface area (Å²) in [5.74, 6) is 0. The van der Waals surface area contributed by atoms with Crippen LogP contribution in [0, 0.1) is 15.5 Å². The maximum absolute atomic E-state index is 10.6. The van der Waals surface area contributed by atoms with Crippen molar-refractivity contribution in [1.82, 2.24) is 0 Å². The van der Waals surface area contributed by atoms with Crippen molar-refractivity contribution in [3.63, 3.8) is 0 Å². The van der Waals surface area contributed by atoms with Crippen LogP contribution in [0.15, 0.2) is 72.9 Å². The normalized spacial score (nSPS) is 17.9. The molecule has 0 saturated carbocycles. The molecule has 5 heteroatoms. The molecule has 0 aliphatic carbocycles. The van der Waals surface area contributed by atoms with E-state index in [9.17, 15) is 10.1 Å². The van der Waals surface area contributed by atoms with Gasteiger partial charge in [-0.3, -0.25) is 10.1 Å². The minimum absolute atomic E-state index is 0.361. The van der Waals surface area contributed by atoms with Gasteiger partial charge < -0.3 is 9.47 Å². The molecule has 142 valence electrons. The highest BCUT2D eigenvalue weighted by atomic mass is 16.7. The van der Waals surface area contributed by atoms with Crippen LogP contribution in [-0.2, 0) is 14.9 Å². The van der Waals surface area contributed by atoms with Crippen LogP contribution in [0.25, 0.3) is 0 Å². The molecule has 0 unspecified atom stereocenters. The zero-order valence-corrected chi connectivity index (χ0v) is 15.7. The lowest BCUT2D eigenvalue weighted by atomic mass is 9.75. The van der Waals surface area contributed by atoms with Crippen molar-refractivity contribution < 1.29 is 14.4 Å². The average Bonchev–Trinajstić information content (AvgIpc) is 2.68. The fraction of sp³-hybridized carbons (Fsp3) is 0.364. The first-order valence-corrected chi connectivity index (χ1v) is 9.08. The highest BCUT2D eigenvalue weighted by Gasteiger charge is 2.41. The third-order valence-corrected chi connectivity index (χ3v) is 5.02. The van der Waals surface area contributed by atoms with Gasteiger partial charge in [0.2, 0.25) is 6.20 Å². The summed E-state index contributed by atoms with van der Waals surface area (Å²) in [5.41, 5.74) is 1.56. The van der Waals surface area contributed by atoms with Crippen LogP contribution in [0.5, 0.6) is 0 Å². The van der Waals surface area contributed by atoms with E-state index in [2.05, 4.69) is 24.3 Å². The largest absolute Gasteiger partial charge is 0.351 e. The predicted octanol–water partition coefficient (Wildman–Crippen LogP) is 4.55. The lowest BCUT2D eigenvalue weighted by molar-refractivity contribution is -0.403. The molecule has 27 heavy (non-hydrogen) atoms. The van der Waals surface area contributed by atoms with Gasteiger partial charge in [0.15, 0.2) is 6.29 Å². The number of hydrogen-bond donors (Lipinski definition) is 0. The maximum Gasteiger partial charge on any atom is 0.231 e. The van der Waals surface area contributed by atoms with Gasteiger partial charge in [0.1, 0.15) is 0 Å². The number of rotatable bonds is 6. The Balaban J connectivity index is 1.78. The number of benzene rings is 2. The molecule has 0 amide bonds. The number of ether oxygens (including phenoxy) is 2. The average molecular weight is 367 g/mol. The summed E-state index contributed by atoms with van der Waals surface area (Å²) in [6.45, 7) is 4.88. The van der Waals surface area contributed by atoms with Crippen molar-refractivity contribution in [3.8, 4) is 0 Å². The van der Waals surface area contributed by atoms with E-state index in [4.69, 9.17) is 9.47 Å². The molecule has 0 N–H and O–H groups in total. The van der Waals surface area contributed by atoms with Gasteiger partial charge in [-0.1, -0.05) is 74.5 Å². The SMILES string of the molecule is CC(C)(/C=C/[N+](=O)[O-])CC1OCC(c2ccccc2)(c2ccccc2)CO1. The maximum atomic E-state index is 10.6. The van der Waals surface area contributed by atoms with Crippen LogP contribution >= 0.6 is 0 Å². The van der Waals surface area contributed by atoms with E-state index in [1.165, 1.54) is 0 Å². The van der Waals surface area contributed by atoms with E-state index in [1.807, 2.05) is 50.2 Å². The molecule has 1 aliphatic heterocycles. The van der Waals surface area contributed by atoms with Crippen LogP contribution in [0.3, 0.4) is 0 Å². The Bertz CT molecular complexity index is 737. The Labute approximate surface area is 159 Å². The Morgan fingerprint density at radius 2 is 1.52 bits per heavy atom. The molecule has 2 aromatic carbocycles. The Hall–Kier alpha value is -2.50. The van der Waals surface area contributed by atoms with E-state index in [1.54, 1.807) is 6.08 Å². The molecule has 0 bridgehead atoms. The molecule has 0 spiro atoms. The topological polar surface area (TPSA) is 61.6 Å². The quantitative estimate of drug-likeness (QED) is 0.555. The lowest BCUT2D eigenvalue weighted by Crippen LogP contribution is -2.46. The summed E-state index contributed by atoms with van der Waals surface area (Å²) in [4.78, 5) is 10.1. The number of nitro groups is 1. The van der Waals surface area contributed by atoms with Gasteiger partial charge in [0.25, 0.3) is 0 Å². The Morgan fingerprint density at radius 1 is 1.04 bits per heavy atom. The van der Waals surface area contributed by atoms with E-state index < -0.39 is 16.6 Å². The van der Waals surface area contributed by atoms with Crippen molar-refractivity contribution in [3.05, 3.63) is 94.2 Å². The fourth-order valence-electron chi connectivity index (χ4n) is 3.45. The summed E-state index contributed by atoms with van der Waals surface area (Å²) in [6, 6.07) is 20.5. The second kappa shape index (κ2) is 8.03. The van der Waals surface area contributed by atoms with Crippen molar-refractivity contribution in [2.75, 3.05) is 13.2 Å². The second-order valence-corrected chi connectivity index (χ2v) is 7.66. The van der Waals surface area contributed by atoms with Crippen LogP contribution in [0.1, 0.15) is 31.4 Å². The van der Waals surface area contributed by atoms with E-state index in [-0.39, 0.29) is 5.41 Å². The van der Waals surface area contributed by atoms with Crippen LogP contribution in [0.4, 0.5) is 0 Å². The third-order valence-electron chi connectivity index (χ3n) is 5.02. The number of hydrogen-bond acceptors (Lipinski definition) is 4. The van der Waals surface area contributed by atoms with Crippen molar-refractivity contribution in [2.24, 2.45) is 5.41 Å². The minimum atomic E-state index is -0.444. The highest BCUT2D eigenvalue weighted by Crippen LogP contribution is 2.38. The summed E-state index contributed by atoms with van der Waals surface area (Å²) < 4.78 is 12.2. The highest BCUT2D eigenvalue weighted by molar-refractivity contribution is 5.40. The molecule has 1 aliphatic rings. The van der Waals surface area contributed by atoms with Crippen molar-refractivity contribution in [2.45, 2.75) is 32.0 Å². The Kier molecular flexibility index (Phi) is 5.73. The molecule has 0 aromatic heterocycles. The molecule has 1 fully saturated rings. The van der Waals surface area contributed by atoms with Crippen LogP contribution < -0.4 is 0 Å². The standard InChI is InChI=1S/C22H25NO4/c1-21(2,13-14-23(24)25)15-20-26-16-22(17-27-20,18-9-5-3-6-10-18)19-11-7-4-8-12-19/h3-14,20H,15-17H2,1-2H3/b14-13+. The van der Waals surface area contributed by atoms with Gasteiger partial charge in [-0.15, -0.1) is 0 Å². The van der Waals surface area contributed by atoms with Crippen molar-refractivity contribution in [1.29, 1.82) is 0 Å². The summed E-state index contributed by atoms with van der Waals surface area (Å²) in [7, 11) is 0. The first-order valence-electron chi connectivity index (χ1n) is 9.08. The molecule has 1 heterocycles.